The summed E-state index contributed by atoms with van der Waals surface area (Å²) in [5.74, 6) is 0.758. The van der Waals surface area contributed by atoms with Gasteiger partial charge in [0.25, 0.3) is 0 Å². The molecule has 2 atom stereocenters. The third kappa shape index (κ3) is 4.18. The van der Waals surface area contributed by atoms with Crippen molar-refractivity contribution in [3.63, 3.8) is 0 Å². The van der Waals surface area contributed by atoms with Crippen LogP contribution in [-0.4, -0.2) is 54.5 Å². The van der Waals surface area contributed by atoms with Gasteiger partial charge in [-0.1, -0.05) is 19.8 Å². The van der Waals surface area contributed by atoms with Crippen molar-refractivity contribution in [1.29, 1.82) is 0 Å². The Hall–Kier alpha value is -0.610. The van der Waals surface area contributed by atoms with Crippen molar-refractivity contribution in [3.05, 3.63) is 0 Å². The van der Waals surface area contributed by atoms with Crippen LogP contribution in [0.3, 0.4) is 0 Å². The Labute approximate surface area is 117 Å². The van der Waals surface area contributed by atoms with Crippen LogP contribution in [0.4, 0.5) is 0 Å². The molecule has 1 aliphatic carbocycles. The standard InChI is InChI=1S/C15H29N3O/c1-2-7-17-8-10-18(11-9-17)15(19)12-13-5-3-4-6-14(13)16/h13-14H,2-12,16H2,1H3. The summed E-state index contributed by atoms with van der Waals surface area (Å²) < 4.78 is 0. The van der Waals surface area contributed by atoms with Gasteiger partial charge in [0.1, 0.15) is 0 Å². The Morgan fingerprint density at radius 2 is 1.84 bits per heavy atom. The number of carbonyl (C=O) groups is 1. The number of piperazine rings is 1. The molecule has 19 heavy (non-hydrogen) atoms. The molecule has 1 heterocycles. The molecule has 110 valence electrons. The van der Waals surface area contributed by atoms with Crippen molar-refractivity contribution in [2.24, 2.45) is 11.7 Å². The third-order valence-electron chi connectivity index (χ3n) is 4.67. The number of hydrogen-bond acceptors (Lipinski definition) is 3. The Kier molecular flexibility index (Phi) is 5.64. The summed E-state index contributed by atoms with van der Waals surface area (Å²) in [7, 11) is 0. The molecule has 1 saturated heterocycles. The topological polar surface area (TPSA) is 49.6 Å². The number of amides is 1. The quantitative estimate of drug-likeness (QED) is 0.838. The normalized spacial score (nSPS) is 29.5. The number of hydrogen-bond donors (Lipinski definition) is 1. The van der Waals surface area contributed by atoms with Gasteiger partial charge in [-0.15, -0.1) is 0 Å². The smallest absolute Gasteiger partial charge is 0.222 e. The molecule has 2 aliphatic rings. The maximum absolute atomic E-state index is 12.3. The second-order valence-electron chi connectivity index (χ2n) is 6.13. The maximum Gasteiger partial charge on any atom is 0.222 e. The molecule has 2 N–H and O–H groups in total. The Morgan fingerprint density at radius 1 is 1.16 bits per heavy atom. The SMILES string of the molecule is CCCN1CCN(C(=O)CC2CCCCC2N)CC1. The van der Waals surface area contributed by atoms with Crippen molar-refractivity contribution in [3.8, 4) is 0 Å². The highest BCUT2D eigenvalue weighted by atomic mass is 16.2. The first kappa shape index (κ1) is 14.8. The highest BCUT2D eigenvalue weighted by Crippen LogP contribution is 2.26. The van der Waals surface area contributed by atoms with Crippen molar-refractivity contribution < 1.29 is 4.79 Å². The van der Waals surface area contributed by atoms with Crippen LogP contribution in [-0.2, 0) is 4.79 Å². The molecular weight excluding hydrogens is 238 g/mol. The van der Waals surface area contributed by atoms with E-state index in [-0.39, 0.29) is 6.04 Å². The molecule has 0 spiro atoms. The molecule has 0 aromatic rings. The van der Waals surface area contributed by atoms with E-state index in [9.17, 15) is 4.79 Å². The van der Waals surface area contributed by atoms with E-state index in [1.807, 2.05) is 4.90 Å². The third-order valence-corrected chi connectivity index (χ3v) is 4.67. The fourth-order valence-corrected chi connectivity index (χ4v) is 3.38. The number of carbonyl (C=O) groups excluding carboxylic acids is 1. The predicted molar refractivity (Wildman–Crippen MR) is 77.9 cm³/mol. The fraction of sp³-hybridized carbons (Fsp3) is 0.933. The van der Waals surface area contributed by atoms with Gasteiger partial charge in [0.2, 0.25) is 5.91 Å². The fourth-order valence-electron chi connectivity index (χ4n) is 3.38. The van der Waals surface area contributed by atoms with Gasteiger partial charge in [-0.25, -0.2) is 0 Å². The van der Waals surface area contributed by atoms with E-state index in [1.54, 1.807) is 0 Å². The lowest BCUT2D eigenvalue weighted by Crippen LogP contribution is -2.49. The van der Waals surface area contributed by atoms with Crippen LogP contribution in [0.25, 0.3) is 0 Å². The van der Waals surface area contributed by atoms with Crippen molar-refractivity contribution in [2.45, 2.75) is 51.5 Å². The minimum absolute atomic E-state index is 0.249. The molecule has 1 saturated carbocycles. The lowest BCUT2D eigenvalue weighted by atomic mass is 9.82. The number of nitrogens with zero attached hydrogens (tertiary/aromatic N) is 2. The molecule has 1 aliphatic heterocycles. The first-order valence-electron chi connectivity index (χ1n) is 7.96. The molecule has 4 heteroatoms. The van der Waals surface area contributed by atoms with Crippen molar-refractivity contribution in [2.75, 3.05) is 32.7 Å². The minimum atomic E-state index is 0.249. The van der Waals surface area contributed by atoms with Crippen LogP contribution in [0.5, 0.6) is 0 Å². The van der Waals surface area contributed by atoms with E-state index in [1.165, 1.54) is 19.3 Å². The highest BCUT2D eigenvalue weighted by Gasteiger charge is 2.27. The van der Waals surface area contributed by atoms with Crippen LogP contribution < -0.4 is 5.73 Å². The van der Waals surface area contributed by atoms with E-state index < -0.39 is 0 Å². The summed E-state index contributed by atoms with van der Waals surface area (Å²) in [5.41, 5.74) is 6.14. The second-order valence-corrected chi connectivity index (χ2v) is 6.13. The van der Waals surface area contributed by atoms with E-state index in [2.05, 4.69) is 11.8 Å². The van der Waals surface area contributed by atoms with Crippen LogP contribution in [0.15, 0.2) is 0 Å². The summed E-state index contributed by atoms with van der Waals surface area (Å²) in [6.07, 6.45) is 6.60. The van der Waals surface area contributed by atoms with Gasteiger partial charge < -0.3 is 10.6 Å². The zero-order valence-electron chi connectivity index (χ0n) is 12.3. The Morgan fingerprint density at radius 3 is 2.47 bits per heavy atom. The van der Waals surface area contributed by atoms with Gasteiger partial charge in [-0.2, -0.15) is 0 Å². The zero-order valence-corrected chi connectivity index (χ0v) is 12.3. The van der Waals surface area contributed by atoms with Gasteiger partial charge in [-0.3, -0.25) is 9.69 Å². The highest BCUT2D eigenvalue weighted by molar-refractivity contribution is 5.76. The van der Waals surface area contributed by atoms with E-state index in [0.29, 0.717) is 18.2 Å². The van der Waals surface area contributed by atoms with E-state index in [0.717, 1.165) is 45.6 Å². The second kappa shape index (κ2) is 7.25. The van der Waals surface area contributed by atoms with Crippen LogP contribution in [0, 0.1) is 5.92 Å². The lowest BCUT2D eigenvalue weighted by molar-refractivity contribution is -0.134. The van der Waals surface area contributed by atoms with Gasteiger partial charge in [0.15, 0.2) is 0 Å². The van der Waals surface area contributed by atoms with Crippen LogP contribution in [0.2, 0.25) is 0 Å². The largest absolute Gasteiger partial charge is 0.340 e. The van der Waals surface area contributed by atoms with Crippen molar-refractivity contribution >= 4 is 5.91 Å². The summed E-state index contributed by atoms with van der Waals surface area (Å²) >= 11 is 0. The van der Waals surface area contributed by atoms with E-state index in [4.69, 9.17) is 5.73 Å². The molecule has 2 fully saturated rings. The summed E-state index contributed by atoms with van der Waals surface area (Å²) in [5, 5.41) is 0. The van der Waals surface area contributed by atoms with Crippen molar-refractivity contribution in [1.82, 2.24) is 9.80 Å². The number of rotatable bonds is 4. The monoisotopic (exact) mass is 267 g/mol. The van der Waals surface area contributed by atoms with Gasteiger partial charge in [0, 0.05) is 38.6 Å². The predicted octanol–water partition coefficient (Wildman–Crippen LogP) is 1.45. The molecule has 1 amide bonds. The first-order chi connectivity index (χ1) is 9.20. The summed E-state index contributed by atoms with van der Waals surface area (Å²) in [6.45, 7) is 7.26. The Balaban J connectivity index is 1.74. The first-order valence-corrected chi connectivity index (χ1v) is 7.96. The molecule has 4 nitrogen and oxygen atoms in total. The molecule has 2 unspecified atom stereocenters. The van der Waals surface area contributed by atoms with Gasteiger partial charge in [-0.05, 0) is 31.7 Å². The van der Waals surface area contributed by atoms with Gasteiger partial charge >= 0.3 is 0 Å². The Bertz CT molecular complexity index is 287. The van der Waals surface area contributed by atoms with Crippen LogP contribution >= 0.6 is 0 Å². The average Bonchev–Trinajstić information content (AvgIpc) is 2.42. The lowest BCUT2D eigenvalue weighted by Gasteiger charge is -2.36. The van der Waals surface area contributed by atoms with Gasteiger partial charge in [0.05, 0.1) is 0 Å². The average molecular weight is 267 g/mol. The summed E-state index contributed by atoms with van der Waals surface area (Å²) in [6, 6.07) is 0.249. The van der Waals surface area contributed by atoms with Crippen LogP contribution in [0.1, 0.15) is 45.4 Å². The molecule has 0 bridgehead atoms. The minimum Gasteiger partial charge on any atom is -0.340 e. The molecule has 2 rings (SSSR count). The maximum atomic E-state index is 12.3. The van der Waals surface area contributed by atoms with E-state index >= 15 is 0 Å². The molecular formula is C15H29N3O. The molecule has 0 aromatic heterocycles. The number of nitrogens with two attached hydrogens (primary N) is 1. The molecule has 0 aromatic carbocycles. The zero-order chi connectivity index (χ0) is 13.7. The molecule has 0 radical (unpaired) electrons. The summed E-state index contributed by atoms with van der Waals surface area (Å²) in [4.78, 5) is 16.8.